The zero-order valence-electron chi connectivity index (χ0n) is 13.7. The summed E-state index contributed by atoms with van der Waals surface area (Å²) in [6.45, 7) is 1.96. The smallest absolute Gasteiger partial charge is 0.190 e. The van der Waals surface area contributed by atoms with Crippen molar-refractivity contribution in [3.63, 3.8) is 0 Å². The monoisotopic (exact) mass is 367 g/mol. The molecule has 3 nitrogen and oxygen atoms in total. The highest BCUT2D eigenvalue weighted by atomic mass is 35.5. The third-order valence-electron chi connectivity index (χ3n) is 3.76. The fourth-order valence-corrected chi connectivity index (χ4v) is 2.80. The van der Waals surface area contributed by atoms with Crippen molar-refractivity contribution in [1.82, 2.24) is 5.43 Å². The number of hydrogen-bond acceptors (Lipinski definition) is 2. The Bertz CT molecular complexity index is 814. The van der Waals surface area contributed by atoms with Crippen LogP contribution in [0.3, 0.4) is 0 Å². The van der Waals surface area contributed by atoms with Crippen molar-refractivity contribution in [3.8, 4) is 0 Å². The minimum absolute atomic E-state index is 0.484. The molecular formula is C20H18ClN3S. The number of thiocarbonyl (C=S) groups is 1. The Morgan fingerprint density at radius 3 is 1.96 bits per heavy atom. The molecule has 0 saturated carbocycles. The van der Waals surface area contributed by atoms with Crippen LogP contribution in [-0.4, -0.2) is 5.11 Å². The largest absolute Gasteiger partial charge is 0.331 e. The Morgan fingerprint density at radius 2 is 1.40 bits per heavy atom. The van der Waals surface area contributed by atoms with E-state index in [1.165, 1.54) is 0 Å². The van der Waals surface area contributed by atoms with Crippen LogP contribution in [0.1, 0.15) is 5.56 Å². The van der Waals surface area contributed by atoms with Crippen LogP contribution in [0.2, 0.25) is 5.02 Å². The van der Waals surface area contributed by atoms with Crippen molar-refractivity contribution in [2.45, 2.75) is 6.92 Å². The standard InChI is InChI=1S/C20H18ClN3S/c1-15-18(21)13-8-14-19(15)22-20(25)23-24(16-9-4-2-5-10-16)17-11-6-3-7-12-17/h2-14H,1H3,(H2,22,23,25). The number of anilines is 3. The second-order valence-electron chi connectivity index (χ2n) is 5.48. The number of hydrazine groups is 1. The highest BCUT2D eigenvalue weighted by molar-refractivity contribution is 7.80. The van der Waals surface area contributed by atoms with E-state index in [9.17, 15) is 0 Å². The lowest BCUT2D eigenvalue weighted by Crippen LogP contribution is -2.41. The van der Waals surface area contributed by atoms with Gasteiger partial charge < -0.3 is 5.32 Å². The molecule has 0 heterocycles. The molecule has 0 aromatic heterocycles. The van der Waals surface area contributed by atoms with E-state index >= 15 is 0 Å². The van der Waals surface area contributed by atoms with Gasteiger partial charge in [-0.05, 0) is 61.1 Å². The zero-order chi connectivity index (χ0) is 17.6. The van der Waals surface area contributed by atoms with Gasteiger partial charge >= 0.3 is 0 Å². The number of halogens is 1. The predicted octanol–water partition coefficient (Wildman–Crippen LogP) is 5.69. The summed E-state index contributed by atoms with van der Waals surface area (Å²) in [6, 6.07) is 25.7. The number of rotatable bonds is 4. The molecule has 0 aliphatic rings. The van der Waals surface area contributed by atoms with Gasteiger partial charge in [-0.3, -0.25) is 10.4 Å². The number of hydrogen-bond donors (Lipinski definition) is 2. The lowest BCUT2D eigenvalue weighted by Gasteiger charge is -2.27. The average Bonchev–Trinajstić information content (AvgIpc) is 2.65. The van der Waals surface area contributed by atoms with Crippen molar-refractivity contribution < 1.29 is 0 Å². The summed E-state index contributed by atoms with van der Waals surface area (Å²) in [7, 11) is 0. The quantitative estimate of drug-likeness (QED) is 0.457. The Kier molecular flexibility index (Phi) is 5.53. The number of nitrogens with zero attached hydrogens (tertiary/aromatic N) is 1. The molecule has 0 saturated heterocycles. The first-order valence-corrected chi connectivity index (χ1v) is 8.67. The molecule has 3 aromatic carbocycles. The van der Waals surface area contributed by atoms with Crippen LogP contribution in [0.25, 0.3) is 0 Å². The van der Waals surface area contributed by atoms with Gasteiger partial charge in [0.05, 0.1) is 11.4 Å². The maximum Gasteiger partial charge on any atom is 0.190 e. The van der Waals surface area contributed by atoms with Crippen LogP contribution in [0.15, 0.2) is 78.9 Å². The molecule has 0 aliphatic carbocycles. The van der Waals surface area contributed by atoms with Gasteiger partial charge in [0.15, 0.2) is 5.11 Å². The number of benzene rings is 3. The lowest BCUT2D eigenvalue weighted by atomic mass is 10.2. The predicted molar refractivity (Wildman–Crippen MR) is 111 cm³/mol. The summed E-state index contributed by atoms with van der Waals surface area (Å²) >= 11 is 11.7. The maximum absolute atomic E-state index is 6.18. The molecule has 5 heteroatoms. The second kappa shape index (κ2) is 8.01. The van der Waals surface area contributed by atoms with E-state index in [1.54, 1.807) is 0 Å². The molecule has 0 fully saturated rings. The molecule has 0 amide bonds. The first-order chi connectivity index (χ1) is 12.1. The van der Waals surface area contributed by atoms with Gasteiger partial charge in [0.25, 0.3) is 0 Å². The van der Waals surface area contributed by atoms with E-state index in [1.807, 2.05) is 90.8 Å². The van der Waals surface area contributed by atoms with Crippen LogP contribution in [-0.2, 0) is 0 Å². The summed E-state index contributed by atoms with van der Waals surface area (Å²) in [6.07, 6.45) is 0. The van der Waals surface area contributed by atoms with E-state index in [4.69, 9.17) is 23.8 Å². The first-order valence-electron chi connectivity index (χ1n) is 7.88. The van der Waals surface area contributed by atoms with Gasteiger partial charge in [0.1, 0.15) is 0 Å². The number of para-hydroxylation sites is 2. The van der Waals surface area contributed by atoms with Crippen LogP contribution in [0.5, 0.6) is 0 Å². The topological polar surface area (TPSA) is 27.3 Å². The molecular weight excluding hydrogens is 350 g/mol. The third kappa shape index (κ3) is 4.29. The van der Waals surface area contributed by atoms with E-state index in [0.717, 1.165) is 22.6 Å². The van der Waals surface area contributed by atoms with Crippen LogP contribution >= 0.6 is 23.8 Å². The molecule has 0 bridgehead atoms. The van der Waals surface area contributed by atoms with Gasteiger partial charge in [0.2, 0.25) is 0 Å². The van der Waals surface area contributed by atoms with Crippen LogP contribution in [0, 0.1) is 6.92 Å². The molecule has 0 spiro atoms. The Morgan fingerprint density at radius 1 is 0.840 bits per heavy atom. The molecule has 126 valence electrons. The molecule has 0 radical (unpaired) electrons. The summed E-state index contributed by atoms with van der Waals surface area (Å²) in [5, 5.41) is 6.34. The molecule has 0 unspecified atom stereocenters. The Hall–Kier alpha value is -2.56. The fraction of sp³-hybridized carbons (Fsp3) is 0.0500. The maximum atomic E-state index is 6.18. The highest BCUT2D eigenvalue weighted by Crippen LogP contribution is 2.24. The van der Waals surface area contributed by atoms with Crippen molar-refractivity contribution in [1.29, 1.82) is 0 Å². The second-order valence-corrected chi connectivity index (χ2v) is 6.30. The molecule has 3 rings (SSSR count). The average molecular weight is 368 g/mol. The Balaban J connectivity index is 1.83. The summed E-state index contributed by atoms with van der Waals surface area (Å²) < 4.78 is 0. The summed E-state index contributed by atoms with van der Waals surface area (Å²) in [4.78, 5) is 0. The molecule has 2 N–H and O–H groups in total. The SMILES string of the molecule is Cc1c(Cl)cccc1NC(=S)NN(c1ccccc1)c1ccccc1. The molecule has 25 heavy (non-hydrogen) atoms. The molecule has 0 aliphatic heterocycles. The Labute approximate surface area is 158 Å². The van der Waals surface area contributed by atoms with Crippen molar-refractivity contribution in [3.05, 3.63) is 89.4 Å². The zero-order valence-corrected chi connectivity index (χ0v) is 15.3. The van der Waals surface area contributed by atoms with Gasteiger partial charge in [-0.15, -0.1) is 0 Å². The van der Waals surface area contributed by atoms with Gasteiger partial charge in [0, 0.05) is 10.7 Å². The van der Waals surface area contributed by atoms with Crippen LogP contribution < -0.4 is 15.8 Å². The molecule has 3 aromatic rings. The van der Waals surface area contributed by atoms with E-state index in [2.05, 4.69) is 10.7 Å². The minimum Gasteiger partial charge on any atom is -0.331 e. The normalized spacial score (nSPS) is 10.2. The third-order valence-corrected chi connectivity index (χ3v) is 4.36. The summed E-state index contributed by atoms with van der Waals surface area (Å²) in [5.41, 5.74) is 7.07. The van der Waals surface area contributed by atoms with E-state index < -0.39 is 0 Å². The number of nitrogens with one attached hydrogen (secondary N) is 2. The lowest BCUT2D eigenvalue weighted by molar-refractivity contribution is 0.943. The minimum atomic E-state index is 0.484. The van der Waals surface area contributed by atoms with Gasteiger partial charge in [-0.2, -0.15) is 0 Å². The van der Waals surface area contributed by atoms with Crippen molar-refractivity contribution in [2.75, 3.05) is 10.3 Å². The van der Waals surface area contributed by atoms with Crippen LogP contribution in [0.4, 0.5) is 17.1 Å². The van der Waals surface area contributed by atoms with E-state index in [-0.39, 0.29) is 0 Å². The highest BCUT2D eigenvalue weighted by Gasteiger charge is 2.11. The first kappa shape index (κ1) is 17.3. The fourth-order valence-electron chi connectivity index (χ4n) is 2.43. The van der Waals surface area contributed by atoms with Crippen molar-refractivity contribution in [2.24, 2.45) is 0 Å². The summed E-state index contributed by atoms with van der Waals surface area (Å²) in [5.74, 6) is 0. The van der Waals surface area contributed by atoms with E-state index in [0.29, 0.717) is 10.1 Å². The van der Waals surface area contributed by atoms with Gasteiger partial charge in [-0.1, -0.05) is 54.1 Å². The van der Waals surface area contributed by atoms with Crippen molar-refractivity contribution >= 4 is 46.0 Å². The molecule has 0 atom stereocenters. The van der Waals surface area contributed by atoms with Gasteiger partial charge in [-0.25, -0.2) is 0 Å².